The zero-order valence-electron chi connectivity index (χ0n) is 16.5. The van der Waals surface area contributed by atoms with E-state index in [2.05, 4.69) is 5.10 Å². The second-order valence-electron chi connectivity index (χ2n) is 7.35. The molecule has 0 fully saturated rings. The number of nitrogens with zero attached hydrogens (tertiary/aromatic N) is 2. The number of amides is 1. The summed E-state index contributed by atoms with van der Waals surface area (Å²) in [5, 5.41) is 5.80. The highest BCUT2D eigenvalue weighted by Crippen LogP contribution is 2.30. The summed E-state index contributed by atoms with van der Waals surface area (Å²) in [5.41, 5.74) is 5.15. The van der Waals surface area contributed by atoms with Gasteiger partial charge < -0.3 is 9.15 Å². The molecular formula is C24H18N2O4. The van der Waals surface area contributed by atoms with E-state index in [1.807, 2.05) is 49.4 Å². The molecule has 0 radical (unpaired) electrons. The maximum atomic E-state index is 12.9. The standard InChI is InChI=1S/C24H18N2O4/c1-14-3-7-18(8-4-14)26-23(27)20(15(2)25-26)12-19-9-10-22(30-19)16-5-6-17-13-29-24(28)21(17)11-16/h3-12H,13H2,1-2H3/b20-12+. The minimum absolute atomic E-state index is 0.199. The molecule has 0 N–H and O–H groups in total. The summed E-state index contributed by atoms with van der Waals surface area (Å²) in [5.74, 6) is 0.631. The molecule has 2 aliphatic rings. The Morgan fingerprint density at radius 1 is 1.00 bits per heavy atom. The smallest absolute Gasteiger partial charge is 0.338 e. The molecule has 30 heavy (non-hydrogen) atoms. The number of hydrazone groups is 1. The lowest BCUT2D eigenvalue weighted by molar-refractivity contribution is -0.114. The van der Waals surface area contributed by atoms with Gasteiger partial charge in [-0.15, -0.1) is 0 Å². The summed E-state index contributed by atoms with van der Waals surface area (Å²) < 4.78 is 11.0. The Hall–Kier alpha value is -3.93. The van der Waals surface area contributed by atoms with E-state index in [-0.39, 0.29) is 11.9 Å². The number of carbonyl (C=O) groups is 2. The van der Waals surface area contributed by atoms with E-state index < -0.39 is 0 Å². The van der Waals surface area contributed by atoms with Crippen LogP contribution in [0.2, 0.25) is 0 Å². The number of furan rings is 1. The largest absolute Gasteiger partial charge is 0.457 e. The Morgan fingerprint density at radius 2 is 1.80 bits per heavy atom. The van der Waals surface area contributed by atoms with Crippen LogP contribution >= 0.6 is 0 Å². The average Bonchev–Trinajstić information content (AvgIpc) is 3.43. The van der Waals surface area contributed by atoms with E-state index >= 15 is 0 Å². The van der Waals surface area contributed by atoms with E-state index in [0.29, 0.717) is 35.0 Å². The van der Waals surface area contributed by atoms with Gasteiger partial charge in [0.25, 0.3) is 5.91 Å². The number of cyclic esters (lactones) is 1. The van der Waals surface area contributed by atoms with Crippen molar-refractivity contribution in [3.8, 4) is 11.3 Å². The van der Waals surface area contributed by atoms with Crippen molar-refractivity contribution in [2.75, 3.05) is 5.01 Å². The first-order valence-corrected chi connectivity index (χ1v) is 9.58. The fourth-order valence-corrected chi connectivity index (χ4v) is 3.54. The molecule has 148 valence electrons. The second-order valence-corrected chi connectivity index (χ2v) is 7.35. The minimum atomic E-state index is -0.319. The van der Waals surface area contributed by atoms with Crippen molar-refractivity contribution in [3.63, 3.8) is 0 Å². The third kappa shape index (κ3) is 3.03. The lowest BCUT2D eigenvalue weighted by atomic mass is 10.0. The number of anilines is 1. The first-order valence-electron chi connectivity index (χ1n) is 9.58. The monoisotopic (exact) mass is 398 g/mol. The Kier molecular flexibility index (Phi) is 4.13. The summed E-state index contributed by atoms with van der Waals surface area (Å²) in [6.07, 6.45) is 1.69. The molecule has 0 saturated heterocycles. The number of benzene rings is 2. The lowest BCUT2D eigenvalue weighted by Crippen LogP contribution is -2.21. The number of fused-ring (bicyclic) bond motifs is 1. The predicted octanol–water partition coefficient (Wildman–Crippen LogP) is 4.73. The van der Waals surface area contributed by atoms with E-state index in [9.17, 15) is 9.59 Å². The van der Waals surface area contributed by atoms with Gasteiger partial charge in [0.05, 0.1) is 22.5 Å². The zero-order valence-corrected chi connectivity index (χ0v) is 16.5. The normalized spacial score (nSPS) is 16.8. The van der Waals surface area contributed by atoms with Crippen molar-refractivity contribution >= 4 is 29.4 Å². The van der Waals surface area contributed by atoms with Gasteiger partial charge in [0.15, 0.2) is 0 Å². The summed E-state index contributed by atoms with van der Waals surface area (Å²) in [6, 6.07) is 16.8. The summed E-state index contributed by atoms with van der Waals surface area (Å²) >= 11 is 0. The number of carbonyl (C=O) groups excluding carboxylic acids is 2. The summed E-state index contributed by atoms with van der Waals surface area (Å²) in [7, 11) is 0. The first kappa shape index (κ1) is 18.1. The van der Waals surface area contributed by atoms with Crippen molar-refractivity contribution in [2.45, 2.75) is 20.5 Å². The van der Waals surface area contributed by atoms with Crippen LogP contribution in [0.1, 0.15) is 34.2 Å². The molecule has 0 bridgehead atoms. The predicted molar refractivity (Wildman–Crippen MR) is 113 cm³/mol. The molecular weight excluding hydrogens is 380 g/mol. The van der Waals surface area contributed by atoms with Gasteiger partial charge >= 0.3 is 5.97 Å². The van der Waals surface area contributed by atoms with E-state index in [1.54, 1.807) is 25.1 Å². The number of hydrogen-bond donors (Lipinski definition) is 0. The van der Waals surface area contributed by atoms with Crippen LogP contribution in [0.4, 0.5) is 5.69 Å². The minimum Gasteiger partial charge on any atom is -0.457 e. The Morgan fingerprint density at radius 3 is 2.60 bits per heavy atom. The highest BCUT2D eigenvalue weighted by Gasteiger charge is 2.29. The zero-order chi connectivity index (χ0) is 20.8. The molecule has 1 amide bonds. The SMILES string of the molecule is CC1=NN(c2ccc(C)cc2)C(=O)/C1=C/c1ccc(-c2ccc3c(c2)C(=O)OC3)o1. The Bertz CT molecular complexity index is 1250. The van der Waals surface area contributed by atoms with E-state index in [0.717, 1.165) is 22.4 Å². The molecule has 3 aromatic rings. The average molecular weight is 398 g/mol. The van der Waals surface area contributed by atoms with Crippen molar-refractivity contribution in [2.24, 2.45) is 5.10 Å². The molecule has 1 aromatic heterocycles. The lowest BCUT2D eigenvalue weighted by Gasteiger charge is -2.11. The Balaban J connectivity index is 1.43. The molecule has 2 aromatic carbocycles. The van der Waals surface area contributed by atoms with Crippen LogP contribution in [0.3, 0.4) is 0 Å². The molecule has 0 unspecified atom stereocenters. The molecule has 0 spiro atoms. The van der Waals surface area contributed by atoms with Crippen molar-refractivity contribution < 1.29 is 18.7 Å². The third-order valence-corrected chi connectivity index (χ3v) is 5.23. The Labute approximate surface area is 173 Å². The highest BCUT2D eigenvalue weighted by molar-refractivity contribution is 6.32. The van der Waals surface area contributed by atoms with Gasteiger partial charge in [-0.3, -0.25) is 4.79 Å². The van der Waals surface area contributed by atoms with Crippen LogP contribution in [0.15, 0.2) is 69.7 Å². The second kappa shape index (κ2) is 6.84. The summed E-state index contributed by atoms with van der Waals surface area (Å²) in [4.78, 5) is 24.7. The number of hydrogen-bond acceptors (Lipinski definition) is 5. The van der Waals surface area contributed by atoms with E-state index in [1.165, 1.54) is 5.01 Å². The van der Waals surface area contributed by atoms with Crippen LogP contribution in [0, 0.1) is 6.92 Å². The van der Waals surface area contributed by atoms with Gasteiger partial charge in [-0.25, -0.2) is 4.79 Å². The van der Waals surface area contributed by atoms with Crippen LogP contribution < -0.4 is 5.01 Å². The third-order valence-electron chi connectivity index (χ3n) is 5.23. The van der Waals surface area contributed by atoms with Gasteiger partial charge in [0.1, 0.15) is 18.1 Å². The van der Waals surface area contributed by atoms with Crippen LogP contribution in [0.5, 0.6) is 0 Å². The van der Waals surface area contributed by atoms with Crippen molar-refractivity contribution in [1.29, 1.82) is 0 Å². The quantitative estimate of drug-likeness (QED) is 0.472. The van der Waals surface area contributed by atoms with Crippen molar-refractivity contribution in [3.05, 3.63) is 82.6 Å². The number of ether oxygens (including phenoxy) is 1. The van der Waals surface area contributed by atoms with Gasteiger partial charge in [-0.2, -0.15) is 10.1 Å². The molecule has 0 aliphatic carbocycles. The van der Waals surface area contributed by atoms with Crippen LogP contribution in [-0.2, 0) is 16.1 Å². The number of rotatable bonds is 3. The molecule has 5 rings (SSSR count). The fourth-order valence-electron chi connectivity index (χ4n) is 3.54. The maximum Gasteiger partial charge on any atom is 0.338 e. The fraction of sp³-hybridized carbons (Fsp3) is 0.125. The van der Waals surface area contributed by atoms with Crippen LogP contribution in [-0.4, -0.2) is 17.6 Å². The van der Waals surface area contributed by atoms with Gasteiger partial charge in [-0.1, -0.05) is 29.8 Å². The van der Waals surface area contributed by atoms with Gasteiger partial charge in [0, 0.05) is 11.1 Å². The molecule has 0 saturated carbocycles. The van der Waals surface area contributed by atoms with Gasteiger partial charge in [-0.05, 0) is 50.3 Å². The first-order chi connectivity index (χ1) is 14.5. The molecule has 2 aliphatic heterocycles. The molecule has 6 heteroatoms. The summed E-state index contributed by atoms with van der Waals surface area (Å²) in [6.45, 7) is 4.10. The molecule has 3 heterocycles. The molecule has 0 atom stereocenters. The van der Waals surface area contributed by atoms with Gasteiger partial charge in [0.2, 0.25) is 0 Å². The number of esters is 1. The van der Waals surface area contributed by atoms with Crippen LogP contribution in [0.25, 0.3) is 17.4 Å². The maximum absolute atomic E-state index is 12.9. The van der Waals surface area contributed by atoms with E-state index in [4.69, 9.17) is 9.15 Å². The molecule has 6 nitrogen and oxygen atoms in total. The van der Waals surface area contributed by atoms with Crippen molar-refractivity contribution in [1.82, 2.24) is 0 Å². The number of aryl methyl sites for hydroxylation is 1. The topological polar surface area (TPSA) is 72.1 Å². The highest BCUT2D eigenvalue weighted by atomic mass is 16.5.